The van der Waals surface area contributed by atoms with E-state index in [0.717, 1.165) is 6.42 Å². The van der Waals surface area contributed by atoms with Gasteiger partial charge in [-0.25, -0.2) is 0 Å². The molecular formula is C34H32. The van der Waals surface area contributed by atoms with Gasteiger partial charge in [-0.05, 0) is 91.0 Å². The maximum atomic E-state index is 2.38. The predicted octanol–water partition coefficient (Wildman–Crippen LogP) is 10.1. The lowest BCUT2D eigenvalue weighted by molar-refractivity contribution is 0.795. The minimum absolute atomic E-state index is 1.15. The van der Waals surface area contributed by atoms with Crippen molar-refractivity contribution in [2.45, 2.75) is 52.4 Å². The van der Waals surface area contributed by atoms with Crippen molar-refractivity contribution >= 4 is 43.1 Å². The fourth-order valence-corrected chi connectivity index (χ4v) is 5.84. The molecule has 0 amide bonds. The Balaban J connectivity index is 1.61. The van der Waals surface area contributed by atoms with Gasteiger partial charge in [0.15, 0.2) is 0 Å². The van der Waals surface area contributed by atoms with E-state index in [2.05, 4.69) is 98.8 Å². The van der Waals surface area contributed by atoms with Gasteiger partial charge in [0, 0.05) is 0 Å². The summed E-state index contributed by atoms with van der Waals surface area (Å²) in [5, 5.41) is 11.1. The quantitative estimate of drug-likeness (QED) is 0.171. The van der Waals surface area contributed by atoms with E-state index in [4.69, 9.17) is 0 Å². The smallest absolute Gasteiger partial charge is 0.00201 e. The molecule has 0 N–H and O–H groups in total. The molecule has 6 aromatic rings. The molecule has 0 aliphatic heterocycles. The zero-order chi connectivity index (χ0) is 23.1. The maximum Gasteiger partial charge on any atom is -0.00201 e. The third-order valence-corrected chi connectivity index (χ3v) is 7.64. The van der Waals surface area contributed by atoms with Crippen LogP contribution in [0.5, 0.6) is 0 Å². The molecular weight excluding hydrogens is 408 g/mol. The molecule has 0 nitrogen and oxygen atoms in total. The monoisotopic (exact) mass is 440 g/mol. The Labute approximate surface area is 202 Å². The lowest BCUT2D eigenvalue weighted by Crippen LogP contribution is -1.92. The molecule has 6 rings (SSSR count). The van der Waals surface area contributed by atoms with Crippen molar-refractivity contribution in [2.75, 3.05) is 0 Å². The van der Waals surface area contributed by atoms with Crippen LogP contribution in [0.3, 0.4) is 0 Å². The molecule has 0 spiro atoms. The van der Waals surface area contributed by atoms with Crippen molar-refractivity contribution < 1.29 is 0 Å². The second kappa shape index (κ2) is 8.76. The highest BCUT2D eigenvalue weighted by atomic mass is 14.2. The van der Waals surface area contributed by atoms with Crippen molar-refractivity contribution in [1.82, 2.24) is 0 Å². The summed E-state index contributed by atoms with van der Waals surface area (Å²) < 4.78 is 0. The first-order valence-electron chi connectivity index (χ1n) is 13.0. The largest absolute Gasteiger partial charge is 0.0654 e. The van der Waals surface area contributed by atoms with Gasteiger partial charge in [-0.15, -0.1) is 0 Å². The zero-order valence-corrected chi connectivity index (χ0v) is 20.3. The summed E-state index contributed by atoms with van der Waals surface area (Å²) in [5.41, 5.74) is 5.56. The van der Waals surface area contributed by atoms with Crippen molar-refractivity contribution in [1.29, 1.82) is 0 Å². The molecule has 0 saturated carbocycles. The molecule has 0 fully saturated rings. The number of unbranched alkanes of at least 4 members (excludes halogenated alkanes) is 2. The average Bonchev–Trinajstić information content (AvgIpc) is 2.89. The molecule has 0 atom stereocenters. The fourth-order valence-electron chi connectivity index (χ4n) is 5.84. The van der Waals surface area contributed by atoms with E-state index in [-0.39, 0.29) is 0 Å². The van der Waals surface area contributed by atoms with Gasteiger partial charge in [0.05, 0.1) is 0 Å². The van der Waals surface area contributed by atoms with Gasteiger partial charge in [-0.1, -0.05) is 112 Å². The maximum absolute atomic E-state index is 2.38. The number of rotatable bonds is 7. The van der Waals surface area contributed by atoms with Crippen molar-refractivity contribution in [3.8, 4) is 11.1 Å². The molecule has 0 radical (unpaired) electrons. The van der Waals surface area contributed by atoms with Gasteiger partial charge >= 0.3 is 0 Å². The highest BCUT2D eigenvalue weighted by Gasteiger charge is 2.16. The highest BCUT2D eigenvalue weighted by Crippen LogP contribution is 2.43. The lowest BCUT2D eigenvalue weighted by Gasteiger charge is -2.18. The third-order valence-electron chi connectivity index (χ3n) is 7.64. The van der Waals surface area contributed by atoms with Crippen LogP contribution in [-0.4, -0.2) is 0 Å². The first-order chi connectivity index (χ1) is 16.8. The molecule has 0 bridgehead atoms. The minimum Gasteiger partial charge on any atom is -0.0654 e. The third kappa shape index (κ3) is 3.36. The second-order valence-electron chi connectivity index (χ2n) is 9.79. The highest BCUT2D eigenvalue weighted by molar-refractivity contribution is 6.34. The summed E-state index contributed by atoms with van der Waals surface area (Å²) in [7, 11) is 0. The lowest BCUT2D eigenvalue weighted by atomic mass is 9.85. The molecule has 0 aliphatic rings. The topological polar surface area (TPSA) is 0 Å². The van der Waals surface area contributed by atoms with E-state index >= 15 is 0 Å². The van der Waals surface area contributed by atoms with Crippen molar-refractivity contribution in [3.05, 3.63) is 96.1 Å². The first kappa shape index (κ1) is 21.2. The summed E-state index contributed by atoms with van der Waals surface area (Å²) in [6, 6.07) is 32.5. The van der Waals surface area contributed by atoms with E-state index < -0.39 is 0 Å². The van der Waals surface area contributed by atoms with Crippen molar-refractivity contribution in [3.63, 3.8) is 0 Å². The summed E-state index contributed by atoms with van der Waals surface area (Å²) in [5.74, 6) is 0. The first-order valence-corrected chi connectivity index (χ1v) is 13.0. The van der Waals surface area contributed by atoms with Crippen LogP contribution in [0.25, 0.3) is 54.2 Å². The van der Waals surface area contributed by atoms with Crippen LogP contribution in [0, 0.1) is 0 Å². The molecule has 6 aromatic carbocycles. The van der Waals surface area contributed by atoms with E-state index in [1.807, 2.05) is 0 Å². The van der Waals surface area contributed by atoms with E-state index in [0.29, 0.717) is 0 Å². The summed E-state index contributed by atoms with van der Waals surface area (Å²) in [4.78, 5) is 0. The van der Waals surface area contributed by atoms with Crippen LogP contribution in [0.2, 0.25) is 0 Å². The minimum atomic E-state index is 1.15. The standard InChI is InChI=1S/C34H32/c1-3-5-9-23-15-17-25(18-16-23)26-21-22-32-29-13-7-11-27-24(10-6-4-2)19-20-31(33(27)29)30-14-8-12-28(26)34(30)32/h7-8,11-22H,3-6,9-10H2,1-2H3. The molecule has 34 heavy (non-hydrogen) atoms. The van der Waals surface area contributed by atoms with E-state index in [9.17, 15) is 0 Å². The van der Waals surface area contributed by atoms with Crippen LogP contribution >= 0.6 is 0 Å². The average molecular weight is 441 g/mol. The van der Waals surface area contributed by atoms with Gasteiger partial charge < -0.3 is 0 Å². The summed E-state index contributed by atoms with van der Waals surface area (Å²) in [6.07, 6.45) is 7.29. The summed E-state index contributed by atoms with van der Waals surface area (Å²) >= 11 is 0. The van der Waals surface area contributed by atoms with Gasteiger partial charge in [-0.2, -0.15) is 0 Å². The predicted molar refractivity (Wildman–Crippen MR) is 150 cm³/mol. The number of aryl methyl sites for hydroxylation is 2. The van der Waals surface area contributed by atoms with Gasteiger partial charge in [0.25, 0.3) is 0 Å². The molecule has 0 aromatic heterocycles. The number of hydrogen-bond acceptors (Lipinski definition) is 0. The van der Waals surface area contributed by atoms with Gasteiger partial charge in [0.2, 0.25) is 0 Å². The zero-order valence-electron chi connectivity index (χ0n) is 20.3. The molecule has 168 valence electrons. The Kier molecular flexibility index (Phi) is 5.46. The Hall–Kier alpha value is -3.38. The Morgan fingerprint density at radius 2 is 1.03 bits per heavy atom. The number of benzene rings is 6. The van der Waals surface area contributed by atoms with Crippen molar-refractivity contribution in [2.24, 2.45) is 0 Å². The second-order valence-corrected chi connectivity index (χ2v) is 9.79. The Bertz CT molecular complexity index is 1580. The number of fused-ring (bicyclic) bond motifs is 2. The van der Waals surface area contributed by atoms with E-state index in [1.165, 1.54) is 97.4 Å². The SMILES string of the molecule is CCCCc1ccc(-c2ccc3c4cccc5c(CCCC)ccc(c6cccc2c63)c54)cc1. The molecule has 0 saturated heterocycles. The molecule has 0 heteroatoms. The Morgan fingerprint density at radius 3 is 1.74 bits per heavy atom. The fraction of sp³-hybridized carbons (Fsp3) is 0.235. The van der Waals surface area contributed by atoms with Gasteiger partial charge in [0.1, 0.15) is 0 Å². The summed E-state index contributed by atoms with van der Waals surface area (Å²) in [6.45, 7) is 4.53. The van der Waals surface area contributed by atoms with Crippen LogP contribution < -0.4 is 0 Å². The molecule has 0 heterocycles. The van der Waals surface area contributed by atoms with Crippen LogP contribution in [0.15, 0.2) is 84.9 Å². The van der Waals surface area contributed by atoms with Gasteiger partial charge in [-0.3, -0.25) is 0 Å². The van der Waals surface area contributed by atoms with Crippen LogP contribution in [0.1, 0.15) is 50.7 Å². The normalized spacial score (nSPS) is 11.9. The molecule has 0 unspecified atom stereocenters. The molecule has 0 aliphatic carbocycles. The van der Waals surface area contributed by atoms with E-state index in [1.54, 1.807) is 0 Å². The van der Waals surface area contributed by atoms with Crippen LogP contribution in [-0.2, 0) is 12.8 Å². The Morgan fingerprint density at radius 1 is 0.471 bits per heavy atom. The number of hydrogen-bond donors (Lipinski definition) is 0. The van der Waals surface area contributed by atoms with Crippen LogP contribution in [0.4, 0.5) is 0 Å².